The first-order chi connectivity index (χ1) is 22.0. The van der Waals surface area contributed by atoms with E-state index < -0.39 is 22.7 Å². The Morgan fingerprint density at radius 1 is 0.935 bits per heavy atom. The molecule has 2 aromatic rings. The third-order valence-electron chi connectivity index (χ3n) is 12.5. The van der Waals surface area contributed by atoms with Crippen molar-refractivity contribution >= 4 is 17.4 Å². The number of benzene rings is 2. The Labute approximate surface area is 281 Å². The maximum absolute atomic E-state index is 14.3. The molecule has 2 bridgehead atoms. The van der Waals surface area contributed by atoms with Crippen molar-refractivity contribution < 1.29 is 20.1 Å². The Morgan fingerprint density at radius 3 is 2.37 bits per heavy atom. The van der Waals surface area contributed by atoms with Crippen LogP contribution in [0.4, 0.5) is 0 Å². The Hall–Kier alpha value is -2.02. The molecular weight excluding hydrogens is 594 g/mol. The molecular formula is C40H54ClNO4. The summed E-state index contributed by atoms with van der Waals surface area (Å²) in [5.74, 6) is 0.395. The topological polar surface area (TPSA) is 81.0 Å². The fourth-order valence-electron chi connectivity index (χ4n) is 9.30. The molecule has 5 aliphatic rings. The summed E-state index contributed by atoms with van der Waals surface area (Å²) in [5.41, 5.74) is 2.92. The monoisotopic (exact) mass is 647 g/mol. The summed E-state index contributed by atoms with van der Waals surface area (Å²) in [6.45, 7) is 6.42. The molecule has 2 saturated carbocycles. The molecule has 1 saturated heterocycles. The van der Waals surface area contributed by atoms with Gasteiger partial charge in [0.15, 0.2) is 5.78 Å². The van der Waals surface area contributed by atoms with Crippen molar-refractivity contribution in [3.8, 4) is 0 Å². The van der Waals surface area contributed by atoms with Crippen LogP contribution in [0.3, 0.4) is 0 Å². The molecule has 4 atom stereocenters. The van der Waals surface area contributed by atoms with Gasteiger partial charge >= 0.3 is 0 Å². The predicted molar refractivity (Wildman–Crippen MR) is 185 cm³/mol. The molecule has 1 heterocycles. The smallest absolute Gasteiger partial charge is 0.166 e. The van der Waals surface area contributed by atoms with Crippen molar-refractivity contribution in [3.05, 3.63) is 81.4 Å². The molecule has 250 valence electrons. The average Bonchev–Trinajstić information content (AvgIpc) is 3.30. The number of hydrogen-bond acceptors (Lipinski definition) is 5. The third kappa shape index (κ3) is 6.91. The predicted octanol–water partition coefficient (Wildman–Crippen LogP) is 8.13. The van der Waals surface area contributed by atoms with E-state index in [0.29, 0.717) is 56.8 Å². The van der Waals surface area contributed by atoms with Crippen molar-refractivity contribution in [3.63, 3.8) is 0 Å². The molecule has 1 aliphatic heterocycles. The highest BCUT2D eigenvalue weighted by molar-refractivity contribution is 6.30. The van der Waals surface area contributed by atoms with E-state index in [4.69, 9.17) is 11.6 Å². The van der Waals surface area contributed by atoms with Crippen LogP contribution < -0.4 is 0 Å². The molecule has 0 spiro atoms. The number of nitrogens with zero attached hydrogens (tertiary/aromatic N) is 1. The number of hydrogen-bond donors (Lipinski definition) is 3. The molecule has 4 unspecified atom stereocenters. The van der Waals surface area contributed by atoms with Gasteiger partial charge in [0.1, 0.15) is 0 Å². The quantitative estimate of drug-likeness (QED) is 0.226. The van der Waals surface area contributed by atoms with Crippen LogP contribution in [0.1, 0.15) is 130 Å². The molecule has 0 radical (unpaired) electrons. The van der Waals surface area contributed by atoms with E-state index in [0.717, 1.165) is 73.6 Å². The van der Waals surface area contributed by atoms with E-state index >= 15 is 0 Å². The van der Waals surface area contributed by atoms with Crippen LogP contribution in [0.5, 0.6) is 0 Å². The van der Waals surface area contributed by atoms with Gasteiger partial charge in [0, 0.05) is 41.6 Å². The van der Waals surface area contributed by atoms with Gasteiger partial charge in [-0.05, 0) is 118 Å². The summed E-state index contributed by atoms with van der Waals surface area (Å²) < 4.78 is 0. The fraction of sp³-hybridized carbons (Fsp3) is 0.625. The zero-order valence-electron chi connectivity index (χ0n) is 27.9. The number of ketones is 1. The SMILES string of the molecule is CC1=CCCC2(C)C(CCC2(O)CN2CCC(O)(c3ccc(Cl)cc3)CC2)c2ccc(cc2C(=O)C2CCCCC2)CC(O)CC1. The van der Waals surface area contributed by atoms with Crippen molar-refractivity contribution in [1.82, 2.24) is 4.90 Å². The zero-order valence-corrected chi connectivity index (χ0v) is 28.7. The van der Waals surface area contributed by atoms with Crippen LogP contribution >= 0.6 is 11.6 Å². The molecule has 0 amide bonds. The second kappa shape index (κ2) is 13.8. The Balaban J connectivity index is 1.30. The molecule has 2 aromatic carbocycles. The van der Waals surface area contributed by atoms with Gasteiger partial charge in [0.05, 0.1) is 17.3 Å². The minimum atomic E-state index is -0.924. The fourth-order valence-corrected chi connectivity index (χ4v) is 9.42. The number of halogens is 1. The van der Waals surface area contributed by atoms with Gasteiger partial charge < -0.3 is 20.2 Å². The molecule has 7 rings (SSSR count). The second-order valence-electron chi connectivity index (χ2n) is 15.5. The minimum Gasteiger partial charge on any atom is -0.393 e. The lowest BCUT2D eigenvalue weighted by Gasteiger charge is -2.48. The van der Waals surface area contributed by atoms with Gasteiger partial charge in [0.2, 0.25) is 0 Å². The highest BCUT2D eigenvalue weighted by Gasteiger charge is 2.57. The van der Waals surface area contributed by atoms with Gasteiger partial charge in [-0.1, -0.05) is 73.7 Å². The standard InChI is InChI=1S/C40H54ClNO4/c1-28-7-6-19-38(2)36(18-20-40(38,46)27-42-23-21-39(45,22-24-42)31-12-14-32(41)15-13-31)34-17-11-29(25-33(43)16-10-28)26-35(34)37(44)30-8-4-3-5-9-30/h7,11-15,17,26,30,33,36,43,45-46H,3-6,8-10,16,18-25,27H2,1-2H3. The summed E-state index contributed by atoms with van der Waals surface area (Å²) >= 11 is 6.11. The zero-order chi connectivity index (χ0) is 32.5. The van der Waals surface area contributed by atoms with Crippen LogP contribution in [0, 0.1) is 11.3 Å². The van der Waals surface area contributed by atoms with Gasteiger partial charge in [-0.3, -0.25) is 4.79 Å². The molecule has 0 aromatic heterocycles. The maximum Gasteiger partial charge on any atom is 0.166 e. The number of carbonyl (C=O) groups excluding carboxylic acids is 1. The Kier molecular flexibility index (Phi) is 10.2. The minimum absolute atomic E-state index is 0.0615. The first kappa shape index (κ1) is 33.9. The van der Waals surface area contributed by atoms with E-state index in [2.05, 4.69) is 43.0 Å². The normalized spacial score (nSPS) is 31.2. The van der Waals surface area contributed by atoms with E-state index in [1.54, 1.807) is 0 Å². The Bertz CT molecular complexity index is 1410. The maximum atomic E-state index is 14.3. The van der Waals surface area contributed by atoms with Gasteiger partial charge in [-0.2, -0.15) is 0 Å². The molecule has 5 nitrogen and oxygen atoms in total. The second-order valence-corrected chi connectivity index (χ2v) is 15.9. The van der Waals surface area contributed by atoms with Crippen LogP contribution in [0.2, 0.25) is 5.02 Å². The number of aliphatic hydroxyl groups excluding tert-OH is 1. The number of piperidine rings is 1. The van der Waals surface area contributed by atoms with Crippen molar-refractivity contribution in [2.24, 2.45) is 11.3 Å². The van der Waals surface area contributed by atoms with E-state index in [9.17, 15) is 20.1 Å². The van der Waals surface area contributed by atoms with Crippen LogP contribution in [0.15, 0.2) is 54.1 Å². The molecule has 46 heavy (non-hydrogen) atoms. The lowest BCUT2D eigenvalue weighted by molar-refractivity contribution is -0.101. The van der Waals surface area contributed by atoms with Crippen LogP contribution in [-0.4, -0.2) is 57.3 Å². The summed E-state index contributed by atoms with van der Waals surface area (Å²) in [4.78, 5) is 16.6. The largest absolute Gasteiger partial charge is 0.393 e. The number of aliphatic hydroxyl groups is 3. The highest BCUT2D eigenvalue weighted by Crippen LogP contribution is 2.59. The van der Waals surface area contributed by atoms with Crippen molar-refractivity contribution in [2.75, 3.05) is 19.6 Å². The first-order valence-corrected chi connectivity index (χ1v) is 18.3. The number of β-amino-alcohol motifs (C(OH)–C–C–N with tert-alkyl or cyclic N) is 1. The summed E-state index contributed by atoms with van der Waals surface area (Å²) in [6.07, 6.45) is 13.8. The van der Waals surface area contributed by atoms with Gasteiger partial charge in [-0.15, -0.1) is 0 Å². The molecule has 3 fully saturated rings. The van der Waals surface area contributed by atoms with Gasteiger partial charge in [-0.25, -0.2) is 0 Å². The van der Waals surface area contributed by atoms with E-state index in [1.165, 1.54) is 12.0 Å². The molecule has 3 N–H and O–H groups in total. The number of Topliss-reactive ketones (excluding diaryl/α,β-unsaturated/α-hetero) is 1. The van der Waals surface area contributed by atoms with E-state index in [-0.39, 0.29) is 17.6 Å². The summed E-state index contributed by atoms with van der Waals surface area (Å²) in [5, 5.41) is 35.8. The van der Waals surface area contributed by atoms with Gasteiger partial charge in [0.25, 0.3) is 0 Å². The lowest BCUT2D eigenvalue weighted by atomic mass is 9.64. The Morgan fingerprint density at radius 2 is 1.65 bits per heavy atom. The number of allylic oxidation sites excluding steroid dienone is 2. The summed E-state index contributed by atoms with van der Waals surface area (Å²) in [7, 11) is 0. The van der Waals surface area contributed by atoms with Crippen LogP contribution in [0.25, 0.3) is 0 Å². The van der Waals surface area contributed by atoms with Crippen LogP contribution in [-0.2, 0) is 12.0 Å². The highest BCUT2D eigenvalue weighted by atomic mass is 35.5. The molecule has 6 heteroatoms. The summed E-state index contributed by atoms with van der Waals surface area (Å²) in [6, 6.07) is 13.9. The average molecular weight is 648 g/mol. The molecule has 4 aliphatic carbocycles. The number of rotatable bonds is 5. The number of carbonyl (C=O) groups is 1. The van der Waals surface area contributed by atoms with Crippen molar-refractivity contribution in [2.45, 2.75) is 127 Å². The van der Waals surface area contributed by atoms with Crippen molar-refractivity contribution in [1.29, 1.82) is 0 Å². The first-order valence-electron chi connectivity index (χ1n) is 17.9. The third-order valence-corrected chi connectivity index (χ3v) is 12.7. The van der Waals surface area contributed by atoms with E-state index in [1.807, 2.05) is 24.3 Å². The number of fused-ring (bicyclic) bond motifs is 8. The lowest BCUT2D eigenvalue weighted by Crippen LogP contribution is -2.55. The number of likely N-dealkylation sites (tertiary alicyclic amines) is 1.